The van der Waals surface area contributed by atoms with Crippen LogP contribution >= 0.6 is 15.9 Å². The maximum absolute atomic E-state index is 14.5. The van der Waals surface area contributed by atoms with Crippen LogP contribution in [0, 0.1) is 5.82 Å². The molecule has 2 aromatic heterocycles. The first-order valence-corrected chi connectivity index (χ1v) is 9.89. The van der Waals surface area contributed by atoms with E-state index >= 15 is 0 Å². The van der Waals surface area contributed by atoms with E-state index in [1.165, 1.54) is 10.7 Å². The highest BCUT2D eigenvalue weighted by Gasteiger charge is 2.23. The van der Waals surface area contributed by atoms with Crippen LogP contribution in [-0.4, -0.2) is 25.9 Å². The second-order valence-electron chi connectivity index (χ2n) is 6.38. The van der Waals surface area contributed by atoms with Gasteiger partial charge in [0.25, 0.3) is 5.90 Å². The molecule has 2 heterocycles. The van der Waals surface area contributed by atoms with Crippen molar-refractivity contribution in [1.29, 1.82) is 0 Å². The molecule has 0 aliphatic rings. The third-order valence-corrected chi connectivity index (χ3v) is 4.91. The fourth-order valence-electron chi connectivity index (χ4n) is 2.98. The highest BCUT2D eigenvalue weighted by Crippen LogP contribution is 2.28. The molecule has 4 aromatic rings. The van der Waals surface area contributed by atoms with Crippen LogP contribution in [0.5, 0.6) is 0 Å². The van der Waals surface area contributed by atoms with E-state index < -0.39 is 5.82 Å². The average molecular weight is 479 g/mol. The quantitative estimate of drug-likeness (QED) is 0.258. The zero-order valence-electron chi connectivity index (χ0n) is 16.1. The van der Waals surface area contributed by atoms with Crippen molar-refractivity contribution in [3.63, 3.8) is 0 Å². The Labute approximate surface area is 185 Å². The zero-order valence-corrected chi connectivity index (χ0v) is 17.7. The lowest BCUT2D eigenvalue weighted by Gasteiger charge is -2.10. The van der Waals surface area contributed by atoms with E-state index in [0.717, 1.165) is 10.0 Å². The van der Waals surface area contributed by atoms with Gasteiger partial charge in [-0.1, -0.05) is 52.0 Å². The number of benzene rings is 2. The maximum atomic E-state index is 14.5. The van der Waals surface area contributed by atoms with E-state index in [1.54, 1.807) is 42.7 Å². The van der Waals surface area contributed by atoms with E-state index in [2.05, 4.69) is 42.8 Å². The molecule has 4 rings (SSSR count). The average Bonchev–Trinajstić information content (AvgIpc) is 3.23. The van der Waals surface area contributed by atoms with Crippen LogP contribution in [0.15, 0.2) is 89.1 Å². The molecule has 31 heavy (non-hydrogen) atoms. The lowest BCUT2D eigenvalue weighted by molar-refractivity contribution is 0.321. The van der Waals surface area contributed by atoms with Crippen LogP contribution in [0.1, 0.15) is 11.3 Å². The first-order valence-electron chi connectivity index (χ1n) is 9.10. The Morgan fingerprint density at radius 3 is 2.58 bits per heavy atom. The van der Waals surface area contributed by atoms with Crippen LogP contribution in [0.25, 0.3) is 22.6 Å². The summed E-state index contributed by atoms with van der Waals surface area (Å²) in [5.41, 5.74) is 2.73. The molecule has 0 saturated carbocycles. The highest BCUT2D eigenvalue weighted by molar-refractivity contribution is 9.10. The van der Waals surface area contributed by atoms with Crippen molar-refractivity contribution < 1.29 is 9.23 Å². The SMILES string of the molecule is C=C(/N=C(\ON)c1nnn(-c2ccccc2F)c1-c1ccncc1)c1cccc(Br)c1. The van der Waals surface area contributed by atoms with Crippen molar-refractivity contribution in [3.05, 3.63) is 101 Å². The van der Waals surface area contributed by atoms with Gasteiger partial charge in [0.1, 0.15) is 17.2 Å². The van der Waals surface area contributed by atoms with Gasteiger partial charge in [0.2, 0.25) is 0 Å². The molecule has 0 aliphatic carbocycles. The Morgan fingerprint density at radius 2 is 1.87 bits per heavy atom. The van der Waals surface area contributed by atoms with Crippen molar-refractivity contribution >= 4 is 27.5 Å². The number of nitrogens with zero attached hydrogens (tertiary/aromatic N) is 5. The van der Waals surface area contributed by atoms with Crippen molar-refractivity contribution in [2.45, 2.75) is 0 Å². The third kappa shape index (κ3) is 4.27. The second kappa shape index (κ2) is 8.99. The summed E-state index contributed by atoms with van der Waals surface area (Å²) in [5.74, 6) is 5.07. The van der Waals surface area contributed by atoms with E-state index in [-0.39, 0.29) is 17.3 Å². The smallest absolute Gasteiger partial charge is 0.268 e. The van der Waals surface area contributed by atoms with Gasteiger partial charge in [-0.05, 0) is 36.4 Å². The van der Waals surface area contributed by atoms with Crippen molar-refractivity contribution in [3.8, 4) is 16.9 Å². The molecule has 9 heteroatoms. The topological polar surface area (TPSA) is 91.2 Å². The molecule has 7 nitrogen and oxygen atoms in total. The minimum absolute atomic E-state index is 0.0145. The van der Waals surface area contributed by atoms with Gasteiger partial charge in [-0.3, -0.25) is 4.98 Å². The maximum Gasteiger partial charge on any atom is 0.268 e. The molecular formula is C22H16BrFN6O. The number of aliphatic imine (C=N–C) groups is 1. The fraction of sp³-hybridized carbons (Fsp3) is 0. The Balaban J connectivity index is 1.88. The fourth-order valence-corrected chi connectivity index (χ4v) is 3.38. The lowest BCUT2D eigenvalue weighted by atomic mass is 10.1. The summed E-state index contributed by atoms with van der Waals surface area (Å²) in [7, 11) is 0. The second-order valence-corrected chi connectivity index (χ2v) is 7.29. The number of halogens is 2. The van der Waals surface area contributed by atoms with E-state index in [9.17, 15) is 4.39 Å². The third-order valence-electron chi connectivity index (χ3n) is 4.41. The zero-order chi connectivity index (χ0) is 21.8. The Kier molecular flexibility index (Phi) is 5.96. The number of aromatic nitrogens is 4. The summed E-state index contributed by atoms with van der Waals surface area (Å²) in [6.45, 7) is 3.99. The standard InChI is InChI=1S/C22H16BrFN6O/c1-14(16-5-4-6-17(23)13-16)27-22(31-25)20-21(15-9-11-26-12-10-15)30(29-28-20)19-8-3-2-7-18(19)24/h2-13H,1,25H2/b27-22-. The molecule has 0 saturated heterocycles. The monoisotopic (exact) mass is 478 g/mol. The minimum atomic E-state index is -0.458. The van der Waals surface area contributed by atoms with Gasteiger partial charge in [0.05, 0.1) is 5.70 Å². The Hall–Kier alpha value is -3.69. The predicted molar refractivity (Wildman–Crippen MR) is 120 cm³/mol. The molecule has 154 valence electrons. The largest absolute Gasteiger partial charge is 0.389 e. The molecule has 0 aliphatic heterocycles. The molecule has 0 atom stereocenters. The first-order chi connectivity index (χ1) is 15.1. The van der Waals surface area contributed by atoms with Gasteiger partial charge in [0, 0.05) is 28.0 Å². The number of hydrogen-bond acceptors (Lipinski definition) is 6. The molecule has 0 unspecified atom stereocenters. The molecule has 0 amide bonds. The predicted octanol–water partition coefficient (Wildman–Crippen LogP) is 4.54. The van der Waals surface area contributed by atoms with E-state index in [4.69, 9.17) is 10.7 Å². The molecule has 2 aromatic carbocycles. The molecule has 0 fully saturated rings. The molecule has 0 spiro atoms. The minimum Gasteiger partial charge on any atom is -0.389 e. The number of rotatable bonds is 5. The van der Waals surface area contributed by atoms with Gasteiger partial charge >= 0.3 is 0 Å². The summed E-state index contributed by atoms with van der Waals surface area (Å²) in [5, 5.41) is 8.32. The van der Waals surface area contributed by atoms with Gasteiger partial charge in [0.15, 0.2) is 5.69 Å². The summed E-state index contributed by atoms with van der Waals surface area (Å²) < 4.78 is 16.8. The van der Waals surface area contributed by atoms with Crippen LogP contribution in [0.2, 0.25) is 0 Å². The first kappa shape index (κ1) is 20.6. The summed E-state index contributed by atoms with van der Waals surface area (Å²) in [6, 6.07) is 17.2. The number of para-hydroxylation sites is 1. The van der Waals surface area contributed by atoms with Crippen LogP contribution in [0.4, 0.5) is 4.39 Å². The Morgan fingerprint density at radius 1 is 1.10 bits per heavy atom. The van der Waals surface area contributed by atoms with E-state index in [0.29, 0.717) is 17.0 Å². The summed E-state index contributed by atoms with van der Waals surface area (Å²) in [4.78, 5) is 13.5. The van der Waals surface area contributed by atoms with Crippen molar-refractivity contribution in [2.75, 3.05) is 0 Å². The van der Waals surface area contributed by atoms with Gasteiger partial charge in [-0.25, -0.2) is 14.1 Å². The molecule has 0 radical (unpaired) electrons. The normalized spacial score (nSPS) is 11.4. The van der Waals surface area contributed by atoms with Crippen molar-refractivity contribution in [2.24, 2.45) is 10.9 Å². The van der Waals surface area contributed by atoms with Crippen LogP contribution in [-0.2, 0) is 4.84 Å². The molecule has 2 N–H and O–H groups in total. The van der Waals surface area contributed by atoms with Gasteiger partial charge < -0.3 is 4.84 Å². The Bertz CT molecular complexity index is 1270. The van der Waals surface area contributed by atoms with Crippen LogP contribution in [0.3, 0.4) is 0 Å². The molecular weight excluding hydrogens is 463 g/mol. The number of hydrogen-bond donors (Lipinski definition) is 1. The van der Waals surface area contributed by atoms with Crippen molar-refractivity contribution in [1.82, 2.24) is 20.0 Å². The number of pyridine rings is 1. The van der Waals surface area contributed by atoms with Crippen LogP contribution < -0.4 is 5.90 Å². The highest BCUT2D eigenvalue weighted by atomic mass is 79.9. The lowest BCUT2D eigenvalue weighted by Crippen LogP contribution is -2.14. The summed E-state index contributed by atoms with van der Waals surface area (Å²) >= 11 is 3.42. The summed E-state index contributed by atoms with van der Waals surface area (Å²) in [6.07, 6.45) is 3.22. The van der Waals surface area contributed by atoms with E-state index in [1.807, 2.05) is 24.3 Å². The number of nitrogens with two attached hydrogens (primary N) is 1. The van der Waals surface area contributed by atoms with Gasteiger partial charge in [-0.15, -0.1) is 5.10 Å². The van der Waals surface area contributed by atoms with Gasteiger partial charge in [-0.2, -0.15) is 5.90 Å². The molecule has 0 bridgehead atoms.